The lowest BCUT2D eigenvalue weighted by atomic mass is 9.59. The van der Waals surface area contributed by atoms with Crippen LogP contribution in [0.25, 0.3) is 0 Å². The van der Waals surface area contributed by atoms with Gasteiger partial charge in [-0.15, -0.1) is 0 Å². The van der Waals surface area contributed by atoms with Crippen LogP contribution in [0.4, 0.5) is 0 Å². The second kappa shape index (κ2) is 6.36. The van der Waals surface area contributed by atoms with Gasteiger partial charge in [-0.1, -0.05) is 13.8 Å². The second-order valence-electron chi connectivity index (χ2n) is 6.34. The van der Waals surface area contributed by atoms with Gasteiger partial charge < -0.3 is 14.8 Å². The molecule has 0 aromatic heterocycles. The molecular weight excluding hydrogens is 226 g/mol. The number of hydrogen-bond donors (Lipinski definition) is 1. The molecule has 1 rings (SSSR count). The smallest absolute Gasteiger partial charge is 0.0707 e. The van der Waals surface area contributed by atoms with Crippen LogP contribution in [0.3, 0.4) is 0 Å². The Kier molecular flexibility index (Phi) is 5.63. The minimum absolute atomic E-state index is 0.0664. The maximum Gasteiger partial charge on any atom is 0.0707 e. The summed E-state index contributed by atoms with van der Waals surface area (Å²) in [6.45, 7) is 12.2. The molecule has 2 atom stereocenters. The molecule has 0 radical (unpaired) electrons. The van der Waals surface area contributed by atoms with Crippen LogP contribution in [0, 0.1) is 5.41 Å². The van der Waals surface area contributed by atoms with Crippen molar-refractivity contribution in [2.45, 2.75) is 71.6 Å². The fourth-order valence-corrected chi connectivity index (χ4v) is 3.12. The van der Waals surface area contributed by atoms with Crippen LogP contribution in [-0.4, -0.2) is 38.0 Å². The predicted molar refractivity (Wildman–Crippen MR) is 75.9 cm³/mol. The van der Waals surface area contributed by atoms with Crippen molar-refractivity contribution in [1.29, 1.82) is 0 Å². The van der Waals surface area contributed by atoms with Gasteiger partial charge >= 0.3 is 0 Å². The van der Waals surface area contributed by atoms with Gasteiger partial charge in [0, 0.05) is 11.5 Å². The van der Waals surface area contributed by atoms with Crippen molar-refractivity contribution in [3.63, 3.8) is 0 Å². The first-order valence-electron chi connectivity index (χ1n) is 7.32. The maximum atomic E-state index is 6.04. The topological polar surface area (TPSA) is 30.5 Å². The van der Waals surface area contributed by atoms with Crippen LogP contribution < -0.4 is 5.32 Å². The highest BCUT2D eigenvalue weighted by Crippen LogP contribution is 2.48. The SMILES string of the molecule is CCC1(CC)C(NC)CC1OCCOC(C)(C)C. The van der Waals surface area contributed by atoms with Crippen molar-refractivity contribution in [2.24, 2.45) is 5.41 Å². The van der Waals surface area contributed by atoms with Crippen LogP contribution in [0.1, 0.15) is 53.9 Å². The lowest BCUT2D eigenvalue weighted by Gasteiger charge is -2.55. The number of ether oxygens (including phenoxy) is 2. The van der Waals surface area contributed by atoms with Gasteiger partial charge in [0.25, 0.3) is 0 Å². The minimum atomic E-state index is -0.0664. The molecule has 0 aliphatic heterocycles. The van der Waals surface area contributed by atoms with Gasteiger partial charge in [-0.25, -0.2) is 0 Å². The molecule has 108 valence electrons. The minimum Gasteiger partial charge on any atom is -0.375 e. The van der Waals surface area contributed by atoms with Gasteiger partial charge in [0.15, 0.2) is 0 Å². The zero-order valence-electron chi connectivity index (χ0n) is 13.0. The fraction of sp³-hybridized carbons (Fsp3) is 1.00. The Labute approximate surface area is 113 Å². The van der Waals surface area contributed by atoms with Crippen LogP contribution in [0.2, 0.25) is 0 Å². The van der Waals surface area contributed by atoms with Crippen LogP contribution in [-0.2, 0) is 9.47 Å². The van der Waals surface area contributed by atoms with E-state index in [0.717, 1.165) is 6.42 Å². The first-order valence-corrected chi connectivity index (χ1v) is 7.32. The van der Waals surface area contributed by atoms with E-state index in [1.54, 1.807) is 0 Å². The predicted octanol–water partition coefficient (Wildman–Crippen LogP) is 2.98. The monoisotopic (exact) mass is 257 g/mol. The molecule has 1 N–H and O–H groups in total. The summed E-state index contributed by atoms with van der Waals surface area (Å²) in [5.74, 6) is 0. The maximum absolute atomic E-state index is 6.04. The van der Waals surface area contributed by atoms with E-state index in [2.05, 4.69) is 47.0 Å². The highest BCUT2D eigenvalue weighted by molar-refractivity contribution is 5.06. The van der Waals surface area contributed by atoms with Gasteiger partial charge in [0.2, 0.25) is 0 Å². The number of hydrogen-bond acceptors (Lipinski definition) is 3. The summed E-state index contributed by atoms with van der Waals surface area (Å²) in [6, 6.07) is 0.612. The largest absolute Gasteiger partial charge is 0.375 e. The average molecular weight is 257 g/mol. The first kappa shape index (κ1) is 15.9. The van der Waals surface area contributed by atoms with E-state index in [4.69, 9.17) is 9.47 Å². The molecule has 0 aromatic rings. The molecule has 0 bridgehead atoms. The Morgan fingerprint density at radius 2 is 1.78 bits per heavy atom. The standard InChI is InChI=1S/C15H31NO2/c1-7-15(8-2)12(16-6)11-13(15)17-9-10-18-14(3,4)5/h12-13,16H,7-11H2,1-6H3. The van der Waals surface area contributed by atoms with Gasteiger partial charge in [-0.05, 0) is 47.1 Å². The van der Waals surface area contributed by atoms with Gasteiger partial charge in [0.05, 0.1) is 24.9 Å². The van der Waals surface area contributed by atoms with Gasteiger partial charge in [-0.2, -0.15) is 0 Å². The van der Waals surface area contributed by atoms with Crippen molar-refractivity contribution in [3.05, 3.63) is 0 Å². The molecule has 0 aromatic carbocycles. The number of rotatable bonds is 7. The number of nitrogens with one attached hydrogen (secondary N) is 1. The lowest BCUT2D eigenvalue weighted by molar-refractivity contribution is -0.153. The molecule has 18 heavy (non-hydrogen) atoms. The zero-order chi connectivity index (χ0) is 13.8. The lowest BCUT2D eigenvalue weighted by Crippen LogP contribution is -2.62. The van der Waals surface area contributed by atoms with E-state index in [0.29, 0.717) is 30.8 Å². The Morgan fingerprint density at radius 3 is 2.22 bits per heavy atom. The molecule has 1 fully saturated rings. The summed E-state index contributed by atoms with van der Waals surface area (Å²) in [6.07, 6.45) is 3.89. The highest BCUT2D eigenvalue weighted by atomic mass is 16.5. The van der Waals surface area contributed by atoms with E-state index >= 15 is 0 Å². The van der Waals surface area contributed by atoms with E-state index in [-0.39, 0.29) is 5.60 Å². The summed E-state index contributed by atoms with van der Waals surface area (Å²) >= 11 is 0. The molecule has 0 saturated heterocycles. The van der Waals surface area contributed by atoms with E-state index in [1.807, 2.05) is 0 Å². The van der Waals surface area contributed by atoms with Crippen molar-refractivity contribution in [2.75, 3.05) is 20.3 Å². The molecule has 1 aliphatic rings. The molecule has 3 heteroatoms. The third kappa shape index (κ3) is 3.46. The van der Waals surface area contributed by atoms with E-state index in [9.17, 15) is 0 Å². The van der Waals surface area contributed by atoms with Crippen LogP contribution in [0.5, 0.6) is 0 Å². The summed E-state index contributed by atoms with van der Waals surface area (Å²) < 4.78 is 11.7. The normalized spacial score (nSPS) is 27.0. The first-order chi connectivity index (χ1) is 8.39. The van der Waals surface area contributed by atoms with Gasteiger partial charge in [0.1, 0.15) is 0 Å². The molecule has 2 unspecified atom stereocenters. The van der Waals surface area contributed by atoms with Gasteiger partial charge in [-0.3, -0.25) is 0 Å². The van der Waals surface area contributed by atoms with E-state index in [1.165, 1.54) is 12.8 Å². The van der Waals surface area contributed by atoms with Crippen molar-refractivity contribution >= 4 is 0 Å². The molecule has 3 nitrogen and oxygen atoms in total. The van der Waals surface area contributed by atoms with Crippen LogP contribution >= 0.6 is 0 Å². The molecule has 1 saturated carbocycles. The second-order valence-corrected chi connectivity index (χ2v) is 6.34. The Morgan fingerprint density at radius 1 is 1.17 bits per heavy atom. The Bertz CT molecular complexity index is 243. The van der Waals surface area contributed by atoms with Crippen molar-refractivity contribution in [3.8, 4) is 0 Å². The van der Waals surface area contributed by atoms with Crippen LogP contribution in [0.15, 0.2) is 0 Å². The van der Waals surface area contributed by atoms with Crippen molar-refractivity contribution in [1.82, 2.24) is 5.32 Å². The molecule has 0 spiro atoms. The van der Waals surface area contributed by atoms with Crippen molar-refractivity contribution < 1.29 is 9.47 Å². The third-order valence-electron chi connectivity index (χ3n) is 4.39. The summed E-state index contributed by atoms with van der Waals surface area (Å²) in [7, 11) is 2.06. The highest BCUT2D eigenvalue weighted by Gasteiger charge is 2.52. The Balaban J connectivity index is 2.35. The van der Waals surface area contributed by atoms with E-state index < -0.39 is 0 Å². The summed E-state index contributed by atoms with van der Waals surface area (Å²) in [4.78, 5) is 0. The third-order valence-corrected chi connectivity index (χ3v) is 4.39. The molecule has 0 amide bonds. The molecular formula is C15H31NO2. The quantitative estimate of drug-likeness (QED) is 0.711. The average Bonchev–Trinajstić information content (AvgIpc) is 2.27. The Hall–Kier alpha value is -0.120. The molecule has 0 heterocycles. The zero-order valence-corrected chi connectivity index (χ0v) is 13.0. The molecule has 1 aliphatic carbocycles. The summed E-state index contributed by atoms with van der Waals surface area (Å²) in [5.41, 5.74) is 0.263. The fourth-order valence-electron chi connectivity index (χ4n) is 3.12. The summed E-state index contributed by atoms with van der Waals surface area (Å²) in [5, 5.41) is 3.43.